The van der Waals surface area contributed by atoms with E-state index in [0.29, 0.717) is 11.5 Å². The molecule has 1 aromatic heterocycles. The molecule has 1 saturated heterocycles. The van der Waals surface area contributed by atoms with Crippen molar-refractivity contribution in [2.45, 2.75) is 12.8 Å². The Kier molecular flexibility index (Phi) is 4.89. The van der Waals surface area contributed by atoms with Gasteiger partial charge in [-0.1, -0.05) is 31.9 Å². The van der Waals surface area contributed by atoms with Crippen molar-refractivity contribution in [1.82, 2.24) is 4.98 Å². The number of alkyl halides is 2. The highest BCUT2D eigenvalue weighted by Gasteiger charge is 2.43. The quantitative estimate of drug-likeness (QED) is 0.693. The Labute approximate surface area is 129 Å². The highest BCUT2D eigenvalue weighted by atomic mass is 79.9. The fourth-order valence-corrected chi connectivity index (χ4v) is 7.38. The normalized spacial score (nSPS) is 23.3. The summed E-state index contributed by atoms with van der Waals surface area (Å²) in [6.07, 6.45) is 3.54. The lowest BCUT2D eigenvalue weighted by Crippen LogP contribution is -2.37. The third-order valence-corrected chi connectivity index (χ3v) is 8.42. The van der Waals surface area contributed by atoms with Crippen molar-refractivity contribution in [3.05, 3.63) is 16.6 Å². The average molecular weight is 417 g/mol. The molecule has 0 spiro atoms. The minimum Gasteiger partial charge on any atom is -0.253 e. The maximum absolute atomic E-state index is 11.7. The summed E-state index contributed by atoms with van der Waals surface area (Å²) in [5, 5.41) is 1.62. The van der Waals surface area contributed by atoms with Crippen molar-refractivity contribution < 1.29 is 8.42 Å². The van der Waals surface area contributed by atoms with Gasteiger partial charge in [-0.3, -0.25) is 4.98 Å². The van der Waals surface area contributed by atoms with Crippen molar-refractivity contribution in [1.29, 1.82) is 0 Å². The number of hydrogen-bond donors (Lipinski definition) is 0. The van der Waals surface area contributed by atoms with Crippen LogP contribution in [-0.2, 0) is 16.3 Å². The lowest BCUT2D eigenvalue weighted by atomic mass is 9.75. The van der Waals surface area contributed by atoms with Gasteiger partial charge in [0, 0.05) is 21.7 Å². The number of thiazole rings is 1. The third kappa shape index (κ3) is 3.16. The molecule has 1 atom stereocenters. The topological polar surface area (TPSA) is 47.0 Å². The Morgan fingerprint density at radius 2 is 2.17 bits per heavy atom. The first-order valence-electron chi connectivity index (χ1n) is 5.71. The molecule has 2 heterocycles. The van der Waals surface area contributed by atoms with Gasteiger partial charge in [-0.05, 0) is 24.2 Å². The largest absolute Gasteiger partial charge is 0.253 e. The zero-order valence-corrected chi connectivity index (χ0v) is 14.6. The SMILES string of the molecule is O=S1(=O)CCC(C(CBr)(CBr)Cc2cncs2)C1. The molecule has 1 aliphatic rings. The predicted octanol–water partition coefficient (Wildman–Crippen LogP) is 2.90. The molecule has 0 aromatic carbocycles. The van der Waals surface area contributed by atoms with Crippen molar-refractivity contribution in [3.63, 3.8) is 0 Å². The first-order valence-corrected chi connectivity index (χ1v) is 10.7. The highest BCUT2D eigenvalue weighted by molar-refractivity contribution is 9.09. The molecule has 0 aliphatic carbocycles. The smallest absolute Gasteiger partial charge is 0.150 e. The van der Waals surface area contributed by atoms with Gasteiger partial charge in [-0.15, -0.1) is 11.3 Å². The van der Waals surface area contributed by atoms with Crippen LogP contribution >= 0.6 is 43.2 Å². The van der Waals surface area contributed by atoms with E-state index in [4.69, 9.17) is 0 Å². The Bertz CT molecular complexity index is 483. The van der Waals surface area contributed by atoms with Crippen molar-refractivity contribution in [3.8, 4) is 0 Å². The predicted molar refractivity (Wildman–Crippen MR) is 82.6 cm³/mol. The van der Waals surface area contributed by atoms with Gasteiger partial charge < -0.3 is 0 Å². The molecule has 1 aliphatic heterocycles. The molecule has 0 amide bonds. The summed E-state index contributed by atoms with van der Waals surface area (Å²) in [6, 6.07) is 0. The van der Waals surface area contributed by atoms with E-state index < -0.39 is 9.84 Å². The van der Waals surface area contributed by atoms with Crippen LogP contribution in [0.2, 0.25) is 0 Å². The Morgan fingerprint density at radius 1 is 1.44 bits per heavy atom. The third-order valence-electron chi connectivity index (χ3n) is 3.64. The van der Waals surface area contributed by atoms with E-state index in [1.807, 2.05) is 11.7 Å². The summed E-state index contributed by atoms with van der Waals surface area (Å²) in [5.74, 6) is 0.883. The standard InChI is InChI=1S/C11H15Br2NO2S2/c12-6-11(7-13,3-10-4-14-8-17-10)9-1-2-18(15,16)5-9/h4,8-9H,1-3,5-7H2. The number of hydrogen-bond acceptors (Lipinski definition) is 4. The second-order valence-corrected chi connectivity index (χ2v) is 9.20. The summed E-state index contributed by atoms with van der Waals surface area (Å²) in [7, 11) is -2.83. The number of rotatable bonds is 5. The molecule has 18 heavy (non-hydrogen) atoms. The van der Waals surface area contributed by atoms with Gasteiger partial charge in [-0.2, -0.15) is 0 Å². The van der Waals surface area contributed by atoms with Crippen LogP contribution in [0.3, 0.4) is 0 Å². The van der Waals surface area contributed by atoms with E-state index in [2.05, 4.69) is 36.8 Å². The maximum Gasteiger partial charge on any atom is 0.150 e. The van der Waals surface area contributed by atoms with Crippen LogP contribution in [0.25, 0.3) is 0 Å². The maximum atomic E-state index is 11.7. The number of aromatic nitrogens is 1. The Balaban J connectivity index is 2.21. The average Bonchev–Trinajstić information content (AvgIpc) is 2.95. The fourth-order valence-electron chi connectivity index (χ4n) is 2.45. The summed E-state index contributed by atoms with van der Waals surface area (Å²) < 4.78 is 23.4. The monoisotopic (exact) mass is 415 g/mol. The van der Waals surface area contributed by atoms with Crippen molar-refractivity contribution in [2.24, 2.45) is 11.3 Å². The molecule has 1 fully saturated rings. The van der Waals surface area contributed by atoms with Crippen LogP contribution in [0.4, 0.5) is 0 Å². The van der Waals surface area contributed by atoms with Gasteiger partial charge in [0.1, 0.15) is 0 Å². The van der Waals surface area contributed by atoms with Crippen LogP contribution in [0.15, 0.2) is 11.7 Å². The molecule has 0 saturated carbocycles. The molecule has 2 rings (SSSR count). The van der Waals surface area contributed by atoms with E-state index in [-0.39, 0.29) is 11.3 Å². The van der Waals surface area contributed by atoms with E-state index in [1.54, 1.807) is 11.3 Å². The number of nitrogens with zero attached hydrogens (tertiary/aromatic N) is 1. The molecule has 0 N–H and O–H groups in total. The zero-order chi connectivity index (χ0) is 13.2. The van der Waals surface area contributed by atoms with E-state index >= 15 is 0 Å². The molecule has 1 aromatic rings. The van der Waals surface area contributed by atoms with E-state index in [9.17, 15) is 8.42 Å². The molecule has 0 bridgehead atoms. The molecule has 0 radical (unpaired) electrons. The van der Waals surface area contributed by atoms with Crippen LogP contribution in [0.1, 0.15) is 11.3 Å². The van der Waals surface area contributed by atoms with Crippen LogP contribution < -0.4 is 0 Å². The highest BCUT2D eigenvalue weighted by Crippen LogP contribution is 2.42. The summed E-state index contributed by atoms with van der Waals surface area (Å²) in [4.78, 5) is 5.32. The lowest BCUT2D eigenvalue weighted by Gasteiger charge is -2.35. The van der Waals surface area contributed by atoms with Gasteiger partial charge >= 0.3 is 0 Å². The number of sulfone groups is 1. The second-order valence-electron chi connectivity index (χ2n) is 4.87. The first kappa shape index (κ1) is 14.9. The Hall–Kier alpha value is 0.540. The fraction of sp³-hybridized carbons (Fsp3) is 0.727. The molecule has 7 heteroatoms. The van der Waals surface area contributed by atoms with E-state index in [1.165, 1.54) is 4.88 Å². The minimum atomic E-state index is -2.83. The van der Waals surface area contributed by atoms with Crippen molar-refractivity contribution >= 4 is 53.0 Å². The molecule has 3 nitrogen and oxygen atoms in total. The van der Waals surface area contributed by atoms with Gasteiger partial charge in [-0.25, -0.2) is 8.42 Å². The zero-order valence-electron chi connectivity index (χ0n) is 9.81. The molecule has 102 valence electrons. The number of halogens is 2. The molecular formula is C11H15Br2NO2S2. The lowest BCUT2D eigenvalue weighted by molar-refractivity contribution is 0.255. The summed E-state index contributed by atoms with van der Waals surface area (Å²) in [5.41, 5.74) is 1.80. The second kappa shape index (κ2) is 5.89. The van der Waals surface area contributed by atoms with E-state index in [0.717, 1.165) is 23.5 Å². The minimum absolute atomic E-state index is 0.0316. The van der Waals surface area contributed by atoms with Gasteiger partial charge in [0.25, 0.3) is 0 Å². The summed E-state index contributed by atoms with van der Waals surface area (Å²) >= 11 is 8.81. The van der Waals surface area contributed by atoms with Gasteiger partial charge in [0.2, 0.25) is 0 Å². The van der Waals surface area contributed by atoms with Crippen LogP contribution in [-0.4, -0.2) is 35.6 Å². The molecule has 1 unspecified atom stereocenters. The molecular weight excluding hydrogens is 402 g/mol. The van der Waals surface area contributed by atoms with Crippen molar-refractivity contribution in [2.75, 3.05) is 22.2 Å². The van der Waals surface area contributed by atoms with Gasteiger partial charge in [0.15, 0.2) is 9.84 Å². The van der Waals surface area contributed by atoms with Gasteiger partial charge in [0.05, 0.1) is 17.0 Å². The van der Waals surface area contributed by atoms with Crippen LogP contribution in [0, 0.1) is 11.3 Å². The first-order chi connectivity index (χ1) is 8.51. The van der Waals surface area contributed by atoms with Crippen LogP contribution in [0.5, 0.6) is 0 Å². The summed E-state index contributed by atoms with van der Waals surface area (Å²) in [6.45, 7) is 0. The Morgan fingerprint density at radius 3 is 2.61 bits per heavy atom.